The van der Waals surface area contributed by atoms with E-state index in [0.717, 1.165) is 29.5 Å². The largest absolute Gasteiger partial charge is 0.497 e. The third-order valence-electron chi connectivity index (χ3n) is 5.56. The summed E-state index contributed by atoms with van der Waals surface area (Å²) in [6.45, 7) is 1.81. The van der Waals surface area contributed by atoms with Crippen molar-refractivity contribution in [2.75, 3.05) is 18.2 Å². The molecule has 0 bridgehead atoms. The molecule has 1 heterocycles. The van der Waals surface area contributed by atoms with E-state index in [1.807, 2.05) is 19.1 Å². The summed E-state index contributed by atoms with van der Waals surface area (Å²) in [5.74, 6) is -0.0234. The molecular weight excluding hydrogens is 531 g/mol. The Morgan fingerprint density at radius 3 is 2.38 bits per heavy atom. The zero-order valence-electron chi connectivity index (χ0n) is 21.0. The number of nitrogens with one attached hydrogen (secondary N) is 2. The minimum Gasteiger partial charge on any atom is -0.497 e. The van der Waals surface area contributed by atoms with Gasteiger partial charge in [0.2, 0.25) is 5.91 Å². The minimum absolute atomic E-state index is 0.0663. The van der Waals surface area contributed by atoms with Gasteiger partial charge in [-0.2, -0.15) is 13.2 Å². The Bertz CT molecular complexity index is 1460. The highest BCUT2D eigenvalue weighted by Gasteiger charge is 2.31. The molecule has 39 heavy (non-hydrogen) atoms. The fourth-order valence-corrected chi connectivity index (χ4v) is 4.33. The van der Waals surface area contributed by atoms with Crippen molar-refractivity contribution in [1.29, 1.82) is 0 Å². The second-order valence-electron chi connectivity index (χ2n) is 8.40. The van der Waals surface area contributed by atoms with Gasteiger partial charge in [-0.25, -0.2) is 0 Å². The van der Waals surface area contributed by atoms with E-state index in [1.54, 1.807) is 36.4 Å². The van der Waals surface area contributed by atoms with Gasteiger partial charge in [0.15, 0.2) is 11.0 Å². The van der Waals surface area contributed by atoms with Crippen molar-refractivity contribution in [2.45, 2.75) is 24.8 Å². The van der Waals surface area contributed by atoms with Crippen molar-refractivity contribution in [3.63, 3.8) is 0 Å². The molecule has 202 valence electrons. The van der Waals surface area contributed by atoms with Crippen molar-refractivity contribution in [1.82, 2.24) is 20.1 Å². The zero-order valence-corrected chi connectivity index (χ0v) is 21.8. The molecule has 3 aromatic carbocycles. The van der Waals surface area contributed by atoms with Crippen LogP contribution in [-0.2, 0) is 17.5 Å². The molecule has 0 saturated carbocycles. The van der Waals surface area contributed by atoms with E-state index in [-0.39, 0.29) is 34.9 Å². The molecule has 4 aromatic rings. The molecule has 8 nitrogen and oxygen atoms in total. The number of rotatable bonds is 9. The van der Waals surface area contributed by atoms with Gasteiger partial charge in [0.05, 0.1) is 30.7 Å². The highest BCUT2D eigenvalue weighted by molar-refractivity contribution is 7.99. The fourth-order valence-electron chi connectivity index (χ4n) is 3.56. The summed E-state index contributed by atoms with van der Waals surface area (Å²) in [6, 6.07) is 18.4. The molecular formula is C27H24F3N5O3S. The van der Waals surface area contributed by atoms with Gasteiger partial charge in [0.25, 0.3) is 5.91 Å². The first-order valence-electron chi connectivity index (χ1n) is 11.7. The van der Waals surface area contributed by atoms with Crippen molar-refractivity contribution in [3.05, 3.63) is 95.3 Å². The average molecular weight is 556 g/mol. The predicted octanol–water partition coefficient (Wildman–Crippen LogP) is 5.26. The summed E-state index contributed by atoms with van der Waals surface area (Å²) in [4.78, 5) is 25.2. The van der Waals surface area contributed by atoms with Gasteiger partial charge in [-0.15, -0.1) is 10.2 Å². The number of amides is 2. The maximum absolute atomic E-state index is 13.4. The average Bonchev–Trinajstić information content (AvgIpc) is 3.34. The number of nitrogens with zero attached hydrogens (tertiary/aromatic N) is 3. The highest BCUT2D eigenvalue weighted by Crippen LogP contribution is 2.31. The van der Waals surface area contributed by atoms with Gasteiger partial charge in [-0.3, -0.25) is 14.2 Å². The Morgan fingerprint density at radius 1 is 1.00 bits per heavy atom. The van der Waals surface area contributed by atoms with Crippen LogP contribution in [0.15, 0.2) is 78.0 Å². The molecule has 0 unspecified atom stereocenters. The lowest BCUT2D eigenvalue weighted by Gasteiger charge is -2.13. The molecule has 0 aliphatic carbocycles. The van der Waals surface area contributed by atoms with Crippen LogP contribution in [0, 0.1) is 6.92 Å². The van der Waals surface area contributed by atoms with Crippen LogP contribution in [0.3, 0.4) is 0 Å². The van der Waals surface area contributed by atoms with E-state index < -0.39 is 17.6 Å². The number of hydrogen-bond donors (Lipinski definition) is 2. The number of ether oxygens (including phenoxy) is 1. The summed E-state index contributed by atoms with van der Waals surface area (Å²) in [5.41, 5.74) is 1.32. The van der Waals surface area contributed by atoms with Crippen LogP contribution in [0.4, 0.5) is 18.9 Å². The third-order valence-corrected chi connectivity index (χ3v) is 6.49. The fraction of sp³-hybridized carbons (Fsp3) is 0.185. The molecule has 4 rings (SSSR count). The summed E-state index contributed by atoms with van der Waals surface area (Å²) in [6.07, 6.45) is -4.56. The number of aromatic nitrogens is 3. The Balaban J connectivity index is 1.55. The van der Waals surface area contributed by atoms with Crippen molar-refractivity contribution in [2.24, 2.45) is 0 Å². The maximum atomic E-state index is 13.4. The number of thioether (sulfide) groups is 1. The first-order chi connectivity index (χ1) is 18.6. The number of aryl methyl sites for hydroxylation is 1. The lowest BCUT2D eigenvalue weighted by Crippen LogP contribution is -2.24. The topological polar surface area (TPSA) is 98.1 Å². The number of methoxy groups -OCH3 is 1. The van der Waals surface area contributed by atoms with Gasteiger partial charge >= 0.3 is 6.18 Å². The number of halogens is 3. The van der Waals surface area contributed by atoms with E-state index in [2.05, 4.69) is 20.8 Å². The Labute approximate surface area is 226 Å². The monoisotopic (exact) mass is 555 g/mol. The van der Waals surface area contributed by atoms with Crippen LogP contribution < -0.4 is 15.4 Å². The van der Waals surface area contributed by atoms with Gasteiger partial charge in [0.1, 0.15) is 5.75 Å². The Morgan fingerprint density at radius 2 is 1.72 bits per heavy atom. The maximum Gasteiger partial charge on any atom is 0.416 e. The molecule has 0 spiro atoms. The van der Waals surface area contributed by atoms with Crippen molar-refractivity contribution in [3.8, 4) is 11.4 Å². The van der Waals surface area contributed by atoms with E-state index in [0.29, 0.717) is 17.0 Å². The second kappa shape index (κ2) is 12.0. The molecule has 0 saturated heterocycles. The lowest BCUT2D eigenvalue weighted by atomic mass is 10.2. The van der Waals surface area contributed by atoms with Gasteiger partial charge in [-0.1, -0.05) is 35.5 Å². The first kappa shape index (κ1) is 27.7. The molecule has 2 amide bonds. The van der Waals surface area contributed by atoms with Crippen LogP contribution in [0.2, 0.25) is 0 Å². The number of hydrogen-bond acceptors (Lipinski definition) is 6. The van der Waals surface area contributed by atoms with E-state index in [1.165, 1.54) is 23.8 Å². The van der Waals surface area contributed by atoms with Gasteiger partial charge < -0.3 is 15.4 Å². The molecule has 0 atom stereocenters. The summed E-state index contributed by atoms with van der Waals surface area (Å²) < 4.78 is 46.8. The number of carbonyl (C=O) groups excluding carboxylic acids is 2. The quantitative estimate of drug-likeness (QED) is 0.273. The van der Waals surface area contributed by atoms with Crippen molar-refractivity contribution >= 4 is 29.3 Å². The molecule has 0 aliphatic rings. The standard InChI is InChI=1S/C27H24F3N5O3S/c1-17-6-10-20(11-7-17)32-24(36)16-39-26-34-33-23(15-31-25(37)18-8-12-22(38-2)13-9-18)35(26)21-5-3-4-19(14-21)27(28,29)30/h3-14H,15-16H2,1-2H3,(H,31,37)(H,32,36). The second-order valence-corrected chi connectivity index (χ2v) is 9.34. The van der Waals surface area contributed by atoms with Gasteiger partial charge in [-0.05, 0) is 61.5 Å². The Hall–Kier alpha value is -4.32. The third kappa shape index (κ3) is 7.17. The van der Waals surface area contributed by atoms with Crippen molar-refractivity contribution < 1.29 is 27.5 Å². The molecule has 2 N–H and O–H groups in total. The lowest BCUT2D eigenvalue weighted by molar-refractivity contribution is -0.137. The van der Waals surface area contributed by atoms with E-state index in [9.17, 15) is 22.8 Å². The first-order valence-corrected chi connectivity index (χ1v) is 12.7. The Kier molecular flexibility index (Phi) is 8.55. The van der Waals surface area contributed by atoms with E-state index in [4.69, 9.17) is 4.74 Å². The summed E-state index contributed by atoms with van der Waals surface area (Å²) in [5, 5.41) is 13.9. The van der Waals surface area contributed by atoms with E-state index >= 15 is 0 Å². The van der Waals surface area contributed by atoms with Crippen LogP contribution >= 0.6 is 11.8 Å². The summed E-state index contributed by atoms with van der Waals surface area (Å²) >= 11 is 1.01. The minimum atomic E-state index is -4.56. The molecule has 0 radical (unpaired) electrons. The summed E-state index contributed by atoms with van der Waals surface area (Å²) in [7, 11) is 1.51. The van der Waals surface area contributed by atoms with Crippen LogP contribution in [0.25, 0.3) is 5.69 Å². The smallest absolute Gasteiger partial charge is 0.416 e. The molecule has 1 aromatic heterocycles. The molecule has 12 heteroatoms. The molecule has 0 fully saturated rings. The number of anilines is 1. The molecule has 0 aliphatic heterocycles. The van der Waals surface area contributed by atoms with Crippen LogP contribution in [-0.4, -0.2) is 39.4 Å². The SMILES string of the molecule is COc1ccc(C(=O)NCc2nnc(SCC(=O)Nc3ccc(C)cc3)n2-c2cccc(C(F)(F)F)c2)cc1. The van der Waals surface area contributed by atoms with Gasteiger partial charge in [0, 0.05) is 11.3 Å². The normalized spacial score (nSPS) is 11.2. The number of alkyl halides is 3. The van der Waals surface area contributed by atoms with Crippen LogP contribution in [0.1, 0.15) is 27.3 Å². The number of carbonyl (C=O) groups is 2. The van der Waals surface area contributed by atoms with Crippen LogP contribution in [0.5, 0.6) is 5.75 Å². The predicted molar refractivity (Wildman–Crippen MR) is 141 cm³/mol. The zero-order chi connectivity index (χ0) is 28.0. The highest BCUT2D eigenvalue weighted by atomic mass is 32.2. The number of benzene rings is 3.